The van der Waals surface area contributed by atoms with E-state index in [0.29, 0.717) is 12.4 Å². The SMILES string of the molecule is CCOc1ccc(C(=NC)NO)cc1. The van der Waals surface area contributed by atoms with Crippen molar-refractivity contribution in [3.63, 3.8) is 0 Å². The van der Waals surface area contributed by atoms with Crippen molar-refractivity contribution in [3.8, 4) is 5.75 Å². The topological polar surface area (TPSA) is 53.8 Å². The summed E-state index contributed by atoms with van der Waals surface area (Å²) < 4.78 is 5.29. The third-order valence-electron chi connectivity index (χ3n) is 1.77. The highest BCUT2D eigenvalue weighted by atomic mass is 16.5. The number of benzene rings is 1. The molecule has 0 aromatic heterocycles. The molecule has 0 atom stereocenters. The molecule has 4 nitrogen and oxygen atoms in total. The van der Waals surface area contributed by atoms with Gasteiger partial charge in [-0.05, 0) is 31.2 Å². The van der Waals surface area contributed by atoms with Gasteiger partial charge >= 0.3 is 0 Å². The van der Waals surface area contributed by atoms with E-state index in [0.717, 1.165) is 11.3 Å². The highest BCUT2D eigenvalue weighted by Gasteiger charge is 2.00. The molecular formula is C10H14N2O2. The lowest BCUT2D eigenvalue weighted by atomic mass is 10.2. The van der Waals surface area contributed by atoms with Crippen molar-refractivity contribution in [2.24, 2.45) is 4.99 Å². The molecule has 0 aliphatic heterocycles. The number of hydrogen-bond acceptors (Lipinski definition) is 3. The molecule has 1 rings (SSSR count). The fourth-order valence-electron chi connectivity index (χ4n) is 1.12. The Hall–Kier alpha value is -1.55. The van der Waals surface area contributed by atoms with Crippen LogP contribution in [0.15, 0.2) is 29.3 Å². The second kappa shape index (κ2) is 5.24. The van der Waals surface area contributed by atoms with Crippen molar-refractivity contribution in [3.05, 3.63) is 29.8 Å². The molecule has 14 heavy (non-hydrogen) atoms. The number of aliphatic imine (C=N–C) groups is 1. The van der Waals surface area contributed by atoms with E-state index in [-0.39, 0.29) is 0 Å². The highest BCUT2D eigenvalue weighted by molar-refractivity contribution is 5.97. The first-order valence-corrected chi connectivity index (χ1v) is 4.42. The van der Waals surface area contributed by atoms with Crippen molar-refractivity contribution >= 4 is 5.84 Å². The van der Waals surface area contributed by atoms with Gasteiger partial charge < -0.3 is 4.74 Å². The molecule has 0 unspecified atom stereocenters. The predicted molar refractivity (Wildman–Crippen MR) is 55.0 cm³/mol. The largest absolute Gasteiger partial charge is 0.494 e. The number of amidine groups is 1. The van der Waals surface area contributed by atoms with Crippen LogP contribution in [-0.2, 0) is 0 Å². The summed E-state index contributed by atoms with van der Waals surface area (Å²) in [7, 11) is 1.61. The summed E-state index contributed by atoms with van der Waals surface area (Å²) in [5, 5.41) is 8.74. The van der Waals surface area contributed by atoms with Crippen LogP contribution in [0, 0.1) is 0 Å². The molecule has 0 saturated carbocycles. The van der Waals surface area contributed by atoms with E-state index in [1.807, 2.05) is 36.7 Å². The minimum atomic E-state index is 0.438. The minimum Gasteiger partial charge on any atom is -0.494 e. The fourth-order valence-corrected chi connectivity index (χ4v) is 1.12. The summed E-state index contributed by atoms with van der Waals surface area (Å²) in [6.45, 7) is 2.58. The molecule has 76 valence electrons. The molecule has 0 radical (unpaired) electrons. The molecule has 0 heterocycles. The van der Waals surface area contributed by atoms with Crippen LogP contribution >= 0.6 is 0 Å². The number of ether oxygens (including phenoxy) is 1. The second-order valence-corrected chi connectivity index (χ2v) is 2.64. The zero-order valence-electron chi connectivity index (χ0n) is 8.32. The maximum atomic E-state index is 8.74. The van der Waals surface area contributed by atoms with Crippen LogP contribution in [0.1, 0.15) is 12.5 Å². The Labute approximate surface area is 83.2 Å². The maximum Gasteiger partial charge on any atom is 0.151 e. The molecule has 0 bridgehead atoms. The van der Waals surface area contributed by atoms with E-state index in [1.54, 1.807) is 7.05 Å². The quantitative estimate of drug-likeness (QED) is 0.435. The molecule has 0 amide bonds. The lowest BCUT2D eigenvalue weighted by Gasteiger charge is -2.05. The van der Waals surface area contributed by atoms with Crippen molar-refractivity contribution in [1.82, 2.24) is 5.48 Å². The van der Waals surface area contributed by atoms with E-state index < -0.39 is 0 Å². The van der Waals surface area contributed by atoms with Crippen LogP contribution in [0.2, 0.25) is 0 Å². The summed E-state index contributed by atoms with van der Waals surface area (Å²) in [6, 6.07) is 7.33. The molecule has 0 fully saturated rings. The summed E-state index contributed by atoms with van der Waals surface area (Å²) in [4.78, 5) is 3.87. The Bertz CT molecular complexity index is 306. The second-order valence-electron chi connectivity index (χ2n) is 2.64. The average Bonchev–Trinajstić information content (AvgIpc) is 2.23. The van der Waals surface area contributed by atoms with Gasteiger partial charge in [0.2, 0.25) is 0 Å². The van der Waals surface area contributed by atoms with Crippen molar-refractivity contribution in [1.29, 1.82) is 0 Å². The normalized spacial score (nSPS) is 11.2. The molecule has 0 aliphatic rings. The van der Waals surface area contributed by atoms with Gasteiger partial charge in [0.1, 0.15) is 5.75 Å². The third kappa shape index (κ3) is 2.47. The van der Waals surface area contributed by atoms with Gasteiger partial charge in [0.05, 0.1) is 6.61 Å². The van der Waals surface area contributed by atoms with Crippen LogP contribution in [0.5, 0.6) is 5.75 Å². The monoisotopic (exact) mass is 194 g/mol. The van der Waals surface area contributed by atoms with Crippen molar-refractivity contribution in [2.45, 2.75) is 6.92 Å². The van der Waals surface area contributed by atoms with E-state index in [9.17, 15) is 0 Å². The van der Waals surface area contributed by atoms with Gasteiger partial charge in [0, 0.05) is 12.6 Å². The fraction of sp³-hybridized carbons (Fsp3) is 0.300. The average molecular weight is 194 g/mol. The molecule has 0 spiro atoms. The van der Waals surface area contributed by atoms with E-state index in [2.05, 4.69) is 4.99 Å². The molecule has 0 aliphatic carbocycles. The lowest BCUT2D eigenvalue weighted by molar-refractivity contribution is 0.235. The highest BCUT2D eigenvalue weighted by Crippen LogP contribution is 2.11. The van der Waals surface area contributed by atoms with Gasteiger partial charge in [-0.1, -0.05) is 0 Å². The van der Waals surface area contributed by atoms with Crippen LogP contribution in [0.3, 0.4) is 0 Å². The van der Waals surface area contributed by atoms with E-state index >= 15 is 0 Å². The number of nitrogens with zero attached hydrogens (tertiary/aromatic N) is 1. The lowest BCUT2D eigenvalue weighted by Crippen LogP contribution is -2.19. The summed E-state index contributed by atoms with van der Waals surface area (Å²) in [5.74, 6) is 1.25. The Balaban J connectivity index is 2.82. The molecule has 0 saturated heterocycles. The Morgan fingerprint density at radius 1 is 1.43 bits per heavy atom. The van der Waals surface area contributed by atoms with Crippen molar-refractivity contribution < 1.29 is 9.94 Å². The minimum absolute atomic E-state index is 0.438. The first-order chi connectivity index (χ1) is 6.81. The number of hydrogen-bond donors (Lipinski definition) is 2. The Morgan fingerprint density at radius 2 is 2.07 bits per heavy atom. The Kier molecular flexibility index (Phi) is 3.94. The van der Waals surface area contributed by atoms with Crippen LogP contribution in [0.25, 0.3) is 0 Å². The van der Waals surface area contributed by atoms with Gasteiger partial charge in [-0.15, -0.1) is 0 Å². The number of nitrogens with one attached hydrogen (secondary N) is 1. The van der Waals surface area contributed by atoms with Gasteiger partial charge in [-0.3, -0.25) is 15.7 Å². The van der Waals surface area contributed by atoms with Gasteiger partial charge in [-0.25, -0.2) is 0 Å². The van der Waals surface area contributed by atoms with Crippen LogP contribution in [0.4, 0.5) is 0 Å². The third-order valence-corrected chi connectivity index (χ3v) is 1.77. The molecule has 2 N–H and O–H groups in total. The number of rotatable bonds is 3. The summed E-state index contributed by atoms with van der Waals surface area (Å²) in [5.41, 5.74) is 2.85. The smallest absolute Gasteiger partial charge is 0.151 e. The first-order valence-electron chi connectivity index (χ1n) is 4.42. The molecular weight excluding hydrogens is 180 g/mol. The zero-order valence-corrected chi connectivity index (χ0v) is 8.32. The zero-order chi connectivity index (χ0) is 10.4. The summed E-state index contributed by atoms with van der Waals surface area (Å²) >= 11 is 0. The molecule has 1 aromatic rings. The summed E-state index contributed by atoms with van der Waals surface area (Å²) in [6.07, 6.45) is 0. The van der Waals surface area contributed by atoms with Crippen molar-refractivity contribution in [2.75, 3.05) is 13.7 Å². The number of hydroxylamine groups is 1. The maximum absolute atomic E-state index is 8.74. The van der Waals surface area contributed by atoms with Crippen LogP contribution < -0.4 is 10.2 Å². The van der Waals surface area contributed by atoms with Gasteiger partial charge in [0.15, 0.2) is 5.84 Å². The Morgan fingerprint density at radius 3 is 2.50 bits per heavy atom. The molecule has 1 aromatic carbocycles. The van der Waals surface area contributed by atoms with Gasteiger partial charge in [0.25, 0.3) is 0 Å². The van der Waals surface area contributed by atoms with E-state index in [1.165, 1.54) is 0 Å². The van der Waals surface area contributed by atoms with E-state index in [4.69, 9.17) is 9.94 Å². The molecule has 4 heteroatoms. The van der Waals surface area contributed by atoms with Crippen LogP contribution in [-0.4, -0.2) is 24.7 Å². The van der Waals surface area contributed by atoms with Gasteiger partial charge in [-0.2, -0.15) is 0 Å². The first kappa shape index (κ1) is 10.5. The standard InChI is InChI=1S/C10H14N2O2/c1-3-14-9-6-4-8(5-7-9)10(11-2)12-13/h4-7,13H,3H2,1-2H3,(H,11,12). The predicted octanol–water partition coefficient (Wildman–Crippen LogP) is 1.44.